The van der Waals surface area contributed by atoms with E-state index in [2.05, 4.69) is 16.0 Å². The number of amides is 3. The lowest BCUT2D eigenvalue weighted by molar-refractivity contribution is -0.384. The smallest absolute Gasteiger partial charge is 0.269 e. The number of nitro benzene ring substituents is 1. The maximum absolute atomic E-state index is 12.1. The number of rotatable bonds is 8. The van der Waals surface area contributed by atoms with Crippen molar-refractivity contribution < 1.29 is 19.3 Å². The Hall–Kier alpha value is -3.01. The van der Waals surface area contributed by atoms with Gasteiger partial charge in [-0.1, -0.05) is 13.8 Å². The van der Waals surface area contributed by atoms with Crippen LogP contribution in [-0.2, 0) is 14.4 Å². The Balaban J connectivity index is 2.57. The molecule has 0 aliphatic carbocycles. The zero-order valence-electron chi connectivity index (χ0n) is 15.7. The first-order valence-corrected chi connectivity index (χ1v) is 8.44. The van der Waals surface area contributed by atoms with Crippen molar-refractivity contribution >= 4 is 29.1 Å². The molecule has 0 saturated carbocycles. The van der Waals surface area contributed by atoms with Gasteiger partial charge in [-0.3, -0.25) is 24.5 Å². The first-order valence-electron chi connectivity index (χ1n) is 8.44. The van der Waals surface area contributed by atoms with Crippen molar-refractivity contribution in [2.75, 3.05) is 5.32 Å². The Kier molecular flexibility index (Phi) is 7.85. The van der Waals surface area contributed by atoms with Crippen LogP contribution in [0.1, 0.15) is 27.7 Å². The Morgan fingerprint density at radius 1 is 0.926 bits per heavy atom. The van der Waals surface area contributed by atoms with Gasteiger partial charge in [-0.25, -0.2) is 0 Å². The number of nitro groups is 1. The zero-order chi connectivity index (χ0) is 20.7. The summed E-state index contributed by atoms with van der Waals surface area (Å²) in [7, 11) is 0. The highest BCUT2D eigenvalue weighted by atomic mass is 16.6. The van der Waals surface area contributed by atoms with Gasteiger partial charge >= 0.3 is 0 Å². The minimum atomic E-state index is -0.884. The van der Waals surface area contributed by atoms with E-state index < -0.39 is 40.8 Å². The van der Waals surface area contributed by atoms with Crippen molar-refractivity contribution in [2.45, 2.75) is 45.8 Å². The molecule has 0 bridgehead atoms. The van der Waals surface area contributed by atoms with Crippen LogP contribution >= 0.6 is 0 Å². The van der Waals surface area contributed by atoms with Crippen LogP contribution in [0, 0.1) is 16.0 Å². The van der Waals surface area contributed by atoms with Gasteiger partial charge < -0.3 is 21.7 Å². The normalized spacial score (nSPS) is 14.0. The molecular formula is C17H25N5O5. The van der Waals surface area contributed by atoms with Crippen LogP contribution in [0.25, 0.3) is 0 Å². The molecule has 0 aliphatic rings. The summed E-state index contributed by atoms with van der Waals surface area (Å²) in [5, 5.41) is 18.1. The van der Waals surface area contributed by atoms with E-state index in [1.165, 1.54) is 38.1 Å². The molecule has 27 heavy (non-hydrogen) atoms. The van der Waals surface area contributed by atoms with Crippen LogP contribution < -0.4 is 21.7 Å². The first kappa shape index (κ1) is 22.0. The average molecular weight is 379 g/mol. The molecule has 5 N–H and O–H groups in total. The van der Waals surface area contributed by atoms with Gasteiger partial charge in [0, 0.05) is 17.8 Å². The summed E-state index contributed by atoms with van der Waals surface area (Å²) in [5.41, 5.74) is 5.98. The highest BCUT2D eigenvalue weighted by Gasteiger charge is 2.24. The van der Waals surface area contributed by atoms with E-state index in [0.717, 1.165) is 0 Å². The summed E-state index contributed by atoms with van der Waals surface area (Å²) < 4.78 is 0. The number of nitrogens with one attached hydrogen (secondary N) is 3. The molecule has 1 aromatic rings. The number of benzene rings is 1. The lowest BCUT2D eigenvalue weighted by Crippen LogP contribution is -2.54. The van der Waals surface area contributed by atoms with Crippen molar-refractivity contribution in [2.24, 2.45) is 11.7 Å². The highest BCUT2D eigenvalue weighted by molar-refractivity contribution is 5.98. The number of carbonyl (C=O) groups excluding carboxylic acids is 3. The fraction of sp³-hybridized carbons (Fsp3) is 0.471. The molecule has 0 fully saturated rings. The molecule has 0 spiro atoms. The van der Waals surface area contributed by atoms with Gasteiger partial charge in [0.1, 0.15) is 12.1 Å². The first-order chi connectivity index (χ1) is 12.5. The van der Waals surface area contributed by atoms with Crippen LogP contribution in [0.2, 0.25) is 0 Å². The molecule has 3 amide bonds. The summed E-state index contributed by atoms with van der Waals surface area (Å²) >= 11 is 0. The lowest BCUT2D eigenvalue weighted by Gasteiger charge is -2.21. The quantitative estimate of drug-likeness (QED) is 0.381. The van der Waals surface area contributed by atoms with Crippen molar-refractivity contribution in [1.82, 2.24) is 10.6 Å². The summed E-state index contributed by atoms with van der Waals surface area (Å²) in [6.45, 7) is 6.55. The number of anilines is 1. The van der Waals surface area contributed by atoms with Gasteiger partial charge in [0.2, 0.25) is 17.7 Å². The van der Waals surface area contributed by atoms with E-state index in [1.807, 2.05) is 0 Å². The van der Waals surface area contributed by atoms with Gasteiger partial charge in [0.05, 0.1) is 11.0 Å². The molecule has 0 saturated heterocycles. The predicted octanol–water partition coefficient (Wildman–Crippen LogP) is 0.526. The minimum absolute atomic E-state index is 0.0772. The van der Waals surface area contributed by atoms with Crippen LogP contribution in [-0.4, -0.2) is 40.8 Å². The topological polar surface area (TPSA) is 156 Å². The van der Waals surface area contributed by atoms with E-state index in [1.54, 1.807) is 13.8 Å². The number of nitrogens with two attached hydrogens (primary N) is 1. The molecule has 148 valence electrons. The maximum Gasteiger partial charge on any atom is 0.269 e. The van der Waals surface area contributed by atoms with Gasteiger partial charge in [0.15, 0.2) is 0 Å². The third-order valence-electron chi connectivity index (χ3n) is 3.87. The Morgan fingerprint density at radius 2 is 1.41 bits per heavy atom. The van der Waals surface area contributed by atoms with E-state index in [0.29, 0.717) is 5.69 Å². The maximum atomic E-state index is 12.1. The van der Waals surface area contributed by atoms with Gasteiger partial charge in [-0.05, 0) is 31.9 Å². The third kappa shape index (κ3) is 6.66. The number of carbonyl (C=O) groups is 3. The second-order valence-electron chi connectivity index (χ2n) is 6.52. The summed E-state index contributed by atoms with van der Waals surface area (Å²) in [6, 6.07) is 2.82. The van der Waals surface area contributed by atoms with E-state index >= 15 is 0 Å². The van der Waals surface area contributed by atoms with Crippen molar-refractivity contribution in [1.29, 1.82) is 0 Å². The van der Waals surface area contributed by atoms with Crippen molar-refractivity contribution in [3.63, 3.8) is 0 Å². The van der Waals surface area contributed by atoms with Gasteiger partial charge in [0.25, 0.3) is 5.69 Å². The largest absolute Gasteiger partial charge is 0.343 e. The lowest BCUT2D eigenvalue weighted by atomic mass is 10.0. The molecule has 0 aliphatic heterocycles. The van der Waals surface area contributed by atoms with Crippen LogP contribution in [0.5, 0.6) is 0 Å². The minimum Gasteiger partial charge on any atom is -0.343 e. The second kappa shape index (κ2) is 9.62. The van der Waals surface area contributed by atoms with Gasteiger partial charge in [-0.15, -0.1) is 0 Å². The number of non-ortho nitro benzene ring substituents is 1. The molecule has 0 radical (unpaired) electrons. The fourth-order valence-corrected chi connectivity index (χ4v) is 2.00. The van der Waals surface area contributed by atoms with E-state index in [-0.39, 0.29) is 11.6 Å². The highest BCUT2D eigenvalue weighted by Crippen LogP contribution is 2.15. The van der Waals surface area contributed by atoms with Crippen LogP contribution in [0.4, 0.5) is 11.4 Å². The standard InChI is InChI=1S/C17H25N5O5/c1-9(2)14(18)17(25)20-10(3)15(23)19-11(4)16(24)21-12-5-7-13(8-6-12)22(26)27/h5-11,14H,18H2,1-4H3,(H,19,23)(H,20,25)(H,21,24)/t10-,11-,14+/m0/s1. The second-order valence-corrected chi connectivity index (χ2v) is 6.52. The molecule has 0 unspecified atom stereocenters. The van der Waals surface area contributed by atoms with Crippen molar-refractivity contribution in [3.8, 4) is 0 Å². The average Bonchev–Trinajstić information content (AvgIpc) is 2.60. The van der Waals surface area contributed by atoms with Gasteiger partial charge in [-0.2, -0.15) is 0 Å². The monoisotopic (exact) mass is 379 g/mol. The SMILES string of the molecule is CC(C)[C@@H](N)C(=O)N[C@@H](C)C(=O)N[C@@H](C)C(=O)Nc1ccc([N+](=O)[O-])cc1. The fourth-order valence-electron chi connectivity index (χ4n) is 2.00. The van der Waals surface area contributed by atoms with E-state index in [9.17, 15) is 24.5 Å². The van der Waals surface area contributed by atoms with Crippen molar-refractivity contribution in [3.05, 3.63) is 34.4 Å². The summed E-state index contributed by atoms with van der Waals surface area (Å²) in [5.74, 6) is -1.57. The van der Waals surface area contributed by atoms with E-state index in [4.69, 9.17) is 5.73 Å². The predicted molar refractivity (Wildman–Crippen MR) is 99.7 cm³/mol. The summed E-state index contributed by atoms with van der Waals surface area (Å²) in [4.78, 5) is 46.2. The Morgan fingerprint density at radius 3 is 1.89 bits per heavy atom. The number of nitrogens with zero attached hydrogens (tertiary/aromatic N) is 1. The summed E-state index contributed by atoms with van der Waals surface area (Å²) in [6.07, 6.45) is 0. The molecule has 0 aromatic heterocycles. The third-order valence-corrected chi connectivity index (χ3v) is 3.87. The van der Waals surface area contributed by atoms with Crippen LogP contribution in [0.15, 0.2) is 24.3 Å². The number of hydrogen-bond donors (Lipinski definition) is 4. The molecule has 0 heterocycles. The number of hydrogen-bond acceptors (Lipinski definition) is 6. The Bertz CT molecular complexity index is 704. The van der Waals surface area contributed by atoms with Crippen LogP contribution in [0.3, 0.4) is 0 Å². The Labute approximate surface area is 157 Å². The zero-order valence-corrected chi connectivity index (χ0v) is 15.7. The molecule has 10 heteroatoms. The molecular weight excluding hydrogens is 354 g/mol. The molecule has 3 atom stereocenters. The molecule has 10 nitrogen and oxygen atoms in total. The molecule has 1 rings (SSSR count). The molecule has 1 aromatic carbocycles.